The number of ether oxygens (including phenoxy) is 1. The average molecular weight is 435 g/mol. The number of aryl methyl sites for hydroxylation is 1. The first-order valence-corrected chi connectivity index (χ1v) is 11.5. The summed E-state index contributed by atoms with van der Waals surface area (Å²) in [5, 5.41) is 0. The van der Waals surface area contributed by atoms with Gasteiger partial charge in [-0.05, 0) is 68.4 Å². The molecular formula is C26H30N2O4. The number of carbonyl (C=O) groups is 3. The summed E-state index contributed by atoms with van der Waals surface area (Å²) in [6.07, 6.45) is 4.32. The van der Waals surface area contributed by atoms with Crippen molar-refractivity contribution in [3.8, 4) is 5.75 Å². The quantitative estimate of drug-likeness (QED) is 0.590. The molecule has 2 heterocycles. The van der Waals surface area contributed by atoms with Crippen molar-refractivity contribution in [2.24, 2.45) is 5.92 Å². The molecule has 1 fully saturated rings. The van der Waals surface area contributed by atoms with Crippen LogP contribution in [0.3, 0.4) is 0 Å². The van der Waals surface area contributed by atoms with Gasteiger partial charge in [-0.15, -0.1) is 0 Å². The SMILES string of the molecule is CCOc1ccc(CCC2CCN(C(=O)CCN3C(=O)c4ccccc4C3=O)CC2)cc1. The Labute approximate surface area is 189 Å². The number of nitrogens with zero attached hydrogens (tertiary/aromatic N) is 2. The van der Waals surface area contributed by atoms with E-state index in [9.17, 15) is 14.4 Å². The molecule has 0 atom stereocenters. The van der Waals surface area contributed by atoms with Crippen LogP contribution in [0, 0.1) is 5.92 Å². The number of likely N-dealkylation sites (tertiary alicyclic amines) is 1. The van der Waals surface area contributed by atoms with Crippen LogP contribution in [-0.2, 0) is 11.2 Å². The number of hydrogen-bond donors (Lipinski definition) is 0. The molecule has 0 spiro atoms. The van der Waals surface area contributed by atoms with Gasteiger partial charge in [-0.1, -0.05) is 24.3 Å². The highest BCUT2D eigenvalue weighted by Crippen LogP contribution is 2.25. The van der Waals surface area contributed by atoms with Crippen LogP contribution < -0.4 is 4.74 Å². The molecule has 4 rings (SSSR count). The molecule has 32 heavy (non-hydrogen) atoms. The second-order valence-corrected chi connectivity index (χ2v) is 8.50. The van der Waals surface area contributed by atoms with Gasteiger partial charge in [0, 0.05) is 26.1 Å². The summed E-state index contributed by atoms with van der Waals surface area (Å²) in [6.45, 7) is 4.29. The molecule has 6 heteroatoms. The van der Waals surface area contributed by atoms with E-state index >= 15 is 0 Å². The number of piperidine rings is 1. The zero-order chi connectivity index (χ0) is 22.5. The predicted molar refractivity (Wildman–Crippen MR) is 122 cm³/mol. The van der Waals surface area contributed by atoms with E-state index in [0.29, 0.717) is 23.7 Å². The molecule has 2 aliphatic heterocycles. The minimum Gasteiger partial charge on any atom is -0.494 e. The van der Waals surface area contributed by atoms with Crippen LogP contribution in [-0.4, -0.2) is 53.8 Å². The highest BCUT2D eigenvalue weighted by Gasteiger charge is 2.35. The molecule has 168 valence electrons. The van der Waals surface area contributed by atoms with Crippen molar-refractivity contribution in [1.82, 2.24) is 9.80 Å². The molecule has 1 saturated heterocycles. The van der Waals surface area contributed by atoms with Gasteiger partial charge in [0.1, 0.15) is 5.75 Å². The molecule has 0 unspecified atom stereocenters. The maximum absolute atomic E-state index is 12.7. The first-order valence-electron chi connectivity index (χ1n) is 11.5. The van der Waals surface area contributed by atoms with E-state index < -0.39 is 0 Å². The lowest BCUT2D eigenvalue weighted by Gasteiger charge is -2.32. The van der Waals surface area contributed by atoms with E-state index in [1.165, 1.54) is 10.5 Å². The molecule has 2 aromatic rings. The van der Waals surface area contributed by atoms with Crippen LogP contribution in [0.5, 0.6) is 5.75 Å². The van der Waals surface area contributed by atoms with Crippen LogP contribution in [0.4, 0.5) is 0 Å². The van der Waals surface area contributed by atoms with Crippen LogP contribution in [0.1, 0.15) is 58.9 Å². The summed E-state index contributed by atoms with van der Waals surface area (Å²) in [6, 6.07) is 15.1. The van der Waals surface area contributed by atoms with E-state index in [0.717, 1.165) is 44.5 Å². The van der Waals surface area contributed by atoms with Gasteiger partial charge >= 0.3 is 0 Å². The Morgan fingerprint density at radius 3 is 2.19 bits per heavy atom. The fourth-order valence-corrected chi connectivity index (χ4v) is 4.57. The summed E-state index contributed by atoms with van der Waals surface area (Å²) < 4.78 is 5.49. The van der Waals surface area contributed by atoms with Crippen molar-refractivity contribution in [2.75, 3.05) is 26.2 Å². The minimum atomic E-state index is -0.300. The van der Waals surface area contributed by atoms with E-state index in [2.05, 4.69) is 12.1 Å². The highest BCUT2D eigenvalue weighted by atomic mass is 16.5. The zero-order valence-corrected chi connectivity index (χ0v) is 18.6. The molecule has 0 aliphatic carbocycles. The van der Waals surface area contributed by atoms with Crippen molar-refractivity contribution >= 4 is 17.7 Å². The fraction of sp³-hybridized carbons (Fsp3) is 0.423. The molecule has 6 nitrogen and oxygen atoms in total. The Balaban J connectivity index is 1.19. The van der Waals surface area contributed by atoms with Crippen molar-refractivity contribution in [2.45, 2.75) is 39.0 Å². The second kappa shape index (κ2) is 9.98. The Morgan fingerprint density at radius 1 is 0.969 bits per heavy atom. The standard InChI is InChI=1S/C26H30N2O4/c1-2-32-21-11-9-19(10-12-21)7-8-20-13-16-27(17-14-20)24(29)15-18-28-25(30)22-5-3-4-6-23(22)26(28)31/h3-6,9-12,20H,2,7-8,13-18H2,1H3. The lowest BCUT2D eigenvalue weighted by atomic mass is 9.90. The Hall–Kier alpha value is -3.15. The molecule has 0 N–H and O–H groups in total. The normalized spacial score (nSPS) is 16.4. The van der Waals surface area contributed by atoms with Crippen LogP contribution in [0.15, 0.2) is 48.5 Å². The first-order chi connectivity index (χ1) is 15.6. The Kier molecular flexibility index (Phi) is 6.88. The van der Waals surface area contributed by atoms with Gasteiger partial charge in [0.2, 0.25) is 5.91 Å². The van der Waals surface area contributed by atoms with Gasteiger partial charge in [-0.2, -0.15) is 0 Å². The summed E-state index contributed by atoms with van der Waals surface area (Å²) in [7, 11) is 0. The molecule has 0 bridgehead atoms. The third kappa shape index (κ3) is 4.85. The van der Waals surface area contributed by atoms with Gasteiger partial charge in [0.05, 0.1) is 17.7 Å². The van der Waals surface area contributed by atoms with E-state index in [-0.39, 0.29) is 30.7 Å². The number of benzene rings is 2. The maximum Gasteiger partial charge on any atom is 0.261 e. The fourth-order valence-electron chi connectivity index (χ4n) is 4.57. The summed E-state index contributed by atoms with van der Waals surface area (Å²) in [5.41, 5.74) is 2.17. The summed E-state index contributed by atoms with van der Waals surface area (Å²) in [4.78, 5) is 40.7. The molecule has 3 amide bonds. The second-order valence-electron chi connectivity index (χ2n) is 8.50. The van der Waals surface area contributed by atoms with Gasteiger partial charge < -0.3 is 9.64 Å². The van der Waals surface area contributed by atoms with Gasteiger partial charge in [0.25, 0.3) is 11.8 Å². The van der Waals surface area contributed by atoms with Crippen molar-refractivity contribution < 1.29 is 19.1 Å². The number of rotatable bonds is 8. The highest BCUT2D eigenvalue weighted by molar-refractivity contribution is 6.21. The monoisotopic (exact) mass is 434 g/mol. The van der Waals surface area contributed by atoms with Gasteiger partial charge in [-0.3, -0.25) is 19.3 Å². The molecule has 0 aromatic heterocycles. The Bertz CT molecular complexity index is 943. The number of amides is 3. The topological polar surface area (TPSA) is 66.9 Å². The number of hydrogen-bond acceptors (Lipinski definition) is 4. The molecule has 2 aromatic carbocycles. The van der Waals surface area contributed by atoms with E-state index in [1.807, 2.05) is 24.0 Å². The first kappa shape index (κ1) is 22.1. The van der Waals surface area contributed by atoms with Crippen molar-refractivity contribution in [1.29, 1.82) is 0 Å². The van der Waals surface area contributed by atoms with Crippen LogP contribution >= 0.6 is 0 Å². The lowest BCUT2D eigenvalue weighted by molar-refractivity contribution is -0.132. The van der Waals surface area contributed by atoms with Crippen molar-refractivity contribution in [3.05, 3.63) is 65.2 Å². The van der Waals surface area contributed by atoms with Crippen LogP contribution in [0.25, 0.3) is 0 Å². The number of imide groups is 1. The Morgan fingerprint density at radius 2 is 1.59 bits per heavy atom. The number of carbonyl (C=O) groups excluding carboxylic acids is 3. The smallest absolute Gasteiger partial charge is 0.261 e. The minimum absolute atomic E-state index is 0.0199. The van der Waals surface area contributed by atoms with Gasteiger partial charge in [-0.25, -0.2) is 0 Å². The summed E-state index contributed by atoms with van der Waals surface area (Å²) in [5.74, 6) is 0.940. The maximum atomic E-state index is 12.7. The zero-order valence-electron chi connectivity index (χ0n) is 18.6. The summed E-state index contributed by atoms with van der Waals surface area (Å²) >= 11 is 0. The predicted octanol–water partition coefficient (Wildman–Crippen LogP) is 3.94. The molecule has 2 aliphatic rings. The van der Waals surface area contributed by atoms with E-state index in [1.54, 1.807) is 24.3 Å². The molecule has 0 radical (unpaired) electrons. The largest absolute Gasteiger partial charge is 0.494 e. The molecular weight excluding hydrogens is 404 g/mol. The third-order valence-electron chi connectivity index (χ3n) is 6.47. The van der Waals surface area contributed by atoms with Crippen molar-refractivity contribution in [3.63, 3.8) is 0 Å². The lowest BCUT2D eigenvalue weighted by Crippen LogP contribution is -2.41. The van der Waals surface area contributed by atoms with Crippen LogP contribution in [0.2, 0.25) is 0 Å². The van der Waals surface area contributed by atoms with Gasteiger partial charge in [0.15, 0.2) is 0 Å². The van der Waals surface area contributed by atoms with E-state index in [4.69, 9.17) is 4.74 Å². The average Bonchev–Trinajstić information content (AvgIpc) is 3.07. The molecule has 0 saturated carbocycles. The third-order valence-corrected chi connectivity index (χ3v) is 6.47. The number of fused-ring (bicyclic) bond motifs is 1.